The zero-order valence-corrected chi connectivity index (χ0v) is 30.2. The van der Waals surface area contributed by atoms with Gasteiger partial charge >= 0.3 is 0 Å². The summed E-state index contributed by atoms with van der Waals surface area (Å²) in [5, 5.41) is 19.0. The Bertz CT molecular complexity index is 2690. The Morgan fingerprint density at radius 1 is 0.768 bits per heavy atom. The average molecular weight is 749 g/mol. The highest BCUT2D eigenvalue weighted by molar-refractivity contribution is 6.05. The number of amides is 2. The van der Waals surface area contributed by atoms with Crippen molar-refractivity contribution >= 4 is 62.4 Å². The fourth-order valence-electron chi connectivity index (χ4n) is 8.32. The first-order valence-corrected chi connectivity index (χ1v) is 18.5. The summed E-state index contributed by atoms with van der Waals surface area (Å²) in [6.07, 6.45) is 13.8. The molecular formula is C38H36N16O2. The van der Waals surface area contributed by atoms with Crippen LogP contribution in [0.25, 0.3) is 33.0 Å². The molecule has 0 atom stereocenters. The van der Waals surface area contributed by atoms with Gasteiger partial charge in [0.1, 0.15) is 35.0 Å². The number of aromatic amines is 3. The number of carbonyl (C=O) groups excluding carboxylic acids is 2. The van der Waals surface area contributed by atoms with E-state index in [2.05, 4.69) is 65.9 Å². The number of aromatic nitrogens is 10. The minimum absolute atomic E-state index is 0.0516. The van der Waals surface area contributed by atoms with E-state index in [1.807, 2.05) is 34.3 Å². The molecule has 0 unspecified atom stereocenters. The van der Waals surface area contributed by atoms with Gasteiger partial charge < -0.3 is 35.3 Å². The third-order valence-electron chi connectivity index (χ3n) is 11.5. The summed E-state index contributed by atoms with van der Waals surface area (Å²) < 4.78 is 0. The van der Waals surface area contributed by atoms with Crippen molar-refractivity contribution in [2.45, 2.75) is 36.8 Å². The number of carbonyl (C=O) groups is 2. The van der Waals surface area contributed by atoms with Gasteiger partial charge in [0.05, 0.1) is 45.2 Å². The second kappa shape index (κ2) is 12.7. The van der Waals surface area contributed by atoms with Crippen molar-refractivity contribution in [3.05, 3.63) is 84.6 Å². The smallest absolute Gasteiger partial charge is 0.275 e. The maximum Gasteiger partial charge on any atom is 0.275 e. The van der Waals surface area contributed by atoms with Crippen LogP contribution in [0, 0.1) is 11.3 Å². The molecule has 5 N–H and O–H groups in total. The molecule has 2 aliphatic carbocycles. The molecule has 2 saturated carbocycles. The van der Waals surface area contributed by atoms with Crippen LogP contribution in [0.5, 0.6) is 0 Å². The summed E-state index contributed by atoms with van der Waals surface area (Å²) in [5.41, 5.74) is 9.15. The SMILES string of the molecule is N#Cc1ccc2c(C(=O)N3CCN(c4ncnc5[nH]ccc45)CC34CC4)n[nH]c2c1.Nc1nc(N2CCN(C(=O)c3cnccn3)C3(CC3)C2)c2cc[nH]c2n1. The van der Waals surface area contributed by atoms with E-state index in [0.717, 1.165) is 77.9 Å². The first-order chi connectivity index (χ1) is 27.3. The van der Waals surface area contributed by atoms with Crippen LogP contribution in [0.1, 0.15) is 52.2 Å². The second-order valence-electron chi connectivity index (χ2n) is 14.8. The zero-order valence-electron chi connectivity index (χ0n) is 30.2. The second-order valence-corrected chi connectivity index (χ2v) is 14.8. The number of rotatable bonds is 4. The number of nitrogens with zero attached hydrogens (tertiary/aromatic N) is 12. The molecule has 2 amide bonds. The number of nitrogen functional groups attached to an aromatic ring is 1. The summed E-state index contributed by atoms with van der Waals surface area (Å²) in [7, 11) is 0. The van der Waals surface area contributed by atoms with Gasteiger partial charge in [-0.2, -0.15) is 20.3 Å². The lowest BCUT2D eigenvalue weighted by molar-refractivity contribution is 0.0610. The van der Waals surface area contributed by atoms with Crippen molar-refractivity contribution in [3.63, 3.8) is 0 Å². The number of nitrogens with two attached hydrogens (primary N) is 1. The van der Waals surface area contributed by atoms with E-state index in [-0.39, 0.29) is 28.8 Å². The van der Waals surface area contributed by atoms with E-state index in [9.17, 15) is 9.59 Å². The Labute approximate surface area is 318 Å². The van der Waals surface area contributed by atoms with Crippen LogP contribution in [0.3, 0.4) is 0 Å². The lowest BCUT2D eigenvalue weighted by Gasteiger charge is -2.42. The van der Waals surface area contributed by atoms with Crippen molar-refractivity contribution in [3.8, 4) is 6.07 Å². The summed E-state index contributed by atoms with van der Waals surface area (Å²) in [4.78, 5) is 66.6. The van der Waals surface area contributed by atoms with Crippen molar-refractivity contribution < 1.29 is 9.59 Å². The number of hydrogen-bond donors (Lipinski definition) is 4. The van der Waals surface area contributed by atoms with E-state index < -0.39 is 0 Å². The van der Waals surface area contributed by atoms with Gasteiger partial charge in [-0.15, -0.1) is 0 Å². The molecule has 4 aliphatic rings. The Morgan fingerprint density at radius 2 is 1.46 bits per heavy atom. The van der Waals surface area contributed by atoms with Crippen LogP contribution in [-0.4, -0.2) is 122 Å². The number of fused-ring (bicyclic) bond motifs is 3. The molecule has 56 heavy (non-hydrogen) atoms. The van der Waals surface area contributed by atoms with Gasteiger partial charge in [0.2, 0.25) is 5.95 Å². The van der Waals surface area contributed by atoms with Crippen LogP contribution in [0.15, 0.2) is 67.6 Å². The number of anilines is 3. The summed E-state index contributed by atoms with van der Waals surface area (Å²) in [5.74, 6) is 1.88. The van der Waals surface area contributed by atoms with Gasteiger partial charge in [-0.3, -0.25) is 19.7 Å². The highest BCUT2D eigenvalue weighted by atomic mass is 16.2. The molecule has 2 aliphatic heterocycles. The predicted octanol–water partition coefficient (Wildman–Crippen LogP) is 3.03. The van der Waals surface area contributed by atoms with Crippen LogP contribution in [-0.2, 0) is 0 Å². The fourth-order valence-corrected chi connectivity index (χ4v) is 8.32. The number of H-pyrrole nitrogens is 3. The largest absolute Gasteiger partial charge is 0.368 e. The average Bonchev–Trinajstić information content (AvgIpc) is 3.92. The van der Waals surface area contributed by atoms with Gasteiger partial charge in [-0.05, 0) is 56.0 Å². The fraction of sp³-hybridized carbons (Fsp3) is 0.316. The third kappa shape index (κ3) is 5.58. The van der Waals surface area contributed by atoms with E-state index >= 15 is 0 Å². The van der Waals surface area contributed by atoms with Crippen LogP contribution in [0.2, 0.25) is 0 Å². The zero-order chi connectivity index (χ0) is 38.0. The minimum atomic E-state index is -0.180. The number of hydrogen-bond acceptors (Lipinski definition) is 13. The molecule has 4 fully saturated rings. The van der Waals surface area contributed by atoms with Gasteiger partial charge in [-0.1, -0.05) is 0 Å². The Balaban J connectivity index is 0.000000139. The molecule has 7 aromatic rings. The van der Waals surface area contributed by atoms with Gasteiger partial charge in [-0.25, -0.2) is 15.0 Å². The molecular weight excluding hydrogens is 713 g/mol. The van der Waals surface area contributed by atoms with E-state index in [1.165, 1.54) is 6.20 Å². The first kappa shape index (κ1) is 33.4. The van der Waals surface area contributed by atoms with Crippen LogP contribution >= 0.6 is 0 Å². The molecule has 2 spiro atoms. The monoisotopic (exact) mass is 748 g/mol. The molecule has 0 bridgehead atoms. The maximum atomic E-state index is 13.4. The van der Waals surface area contributed by atoms with Gasteiger partial charge in [0.15, 0.2) is 5.69 Å². The highest BCUT2D eigenvalue weighted by Gasteiger charge is 2.55. The Kier molecular flexibility index (Phi) is 7.59. The van der Waals surface area contributed by atoms with Crippen molar-refractivity contribution in [1.82, 2.24) is 59.9 Å². The number of nitrogens with one attached hydrogen (secondary N) is 3. The molecule has 11 rings (SSSR count). The van der Waals surface area contributed by atoms with Gasteiger partial charge in [0.25, 0.3) is 11.8 Å². The Hall–Kier alpha value is -7.16. The minimum Gasteiger partial charge on any atom is -0.368 e. The summed E-state index contributed by atoms with van der Waals surface area (Å²) >= 11 is 0. The predicted molar refractivity (Wildman–Crippen MR) is 205 cm³/mol. The van der Waals surface area contributed by atoms with Crippen molar-refractivity contribution in [1.29, 1.82) is 5.26 Å². The summed E-state index contributed by atoms with van der Waals surface area (Å²) in [6.45, 7) is 4.09. The van der Waals surface area contributed by atoms with Crippen molar-refractivity contribution in [2.24, 2.45) is 0 Å². The lowest BCUT2D eigenvalue weighted by atomic mass is 10.1. The van der Waals surface area contributed by atoms with Crippen LogP contribution in [0.4, 0.5) is 17.6 Å². The summed E-state index contributed by atoms with van der Waals surface area (Å²) in [6, 6.07) is 11.3. The standard InChI is InChI=1S/C21H18N8O.C17H18N8O/c22-10-13-1-2-14-16(9-13)26-27-17(14)20(30)29-8-7-28(11-21(29)4-5-21)19-15-3-6-23-18(15)24-12-25-19;18-16-22-13-11(1-4-21-13)14(23-16)24-7-8-25(17(10-24)2-3-17)15(26)12-9-19-5-6-20-12/h1-3,6,9,12H,4-5,7-8,11H2,(H,26,27)(H,23,24,25);1,4-6,9H,2-3,7-8,10H2,(H3,18,21,22,23). The van der Waals surface area contributed by atoms with Crippen molar-refractivity contribution in [2.75, 3.05) is 54.8 Å². The molecule has 280 valence electrons. The first-order valence-electron chi connectivity index (χ1n) is 18.5. The number of benzene rings is 1. The topological polar surface area (TPSA) is 235 Å². The number of piperazine rings is 2. The molecule has 8 heterocycles. The molecule has 2 saturated heterocycles. The molecule has 0 radical (unpaired) electrons. The molecule has 18 nitrogen and oxygen atoms in total. The normalized spacial score (nSPS) is 18.0. The molecule has 1 aromatic carbocycles. The Morgan fingerprint density at radius 3 is 2.16 bits per heavy atom. The molecule has 18 heteroatoms. The lowest BCUT2D eigenvalue weighted by Crippen LogP contribution is -2.57. The quantitative estimate of drug-likeness (QED) is 0.203. The molecule has 6 aromatic heterocycles. The van der Waals surface area contributed by atoms with E-state index in [0.29, 0.717) is 48.6 Å². The third-order valence-corrected chi connectivity index (χ3v) is 11.5. The highest BCUT2D eigenvalue weighted by Crippen LogP contribution is 2.47. The number of nitriles is 1. The maximum absolute atomic E-state index is 13.4. The van der Waals surface area contributed by atoms with Gasteiger partial charge in [0, 0.05) is 69.4 Å². The van der Waals surface area contributed by atoms with E-state index in [1.54, 1.807) is 36.9 Å². The van der Waals surface area contributed by atoms with Crippen LogP contribution < -0.4 is 15.5 Å². The van der Waals surface area contributed by atoms with E-state index in [4.69, 9.17) is 11.0 Å².